The molecule has 1 aromatic rings. The van der Waals surface area contributed by atoms with E-state index in [2.05, 4.69) is 49.9 Å². The summed E-state index contributed by atoms with van der Waals surface area (Å²) in [6, 6.07) is 9.65. The summed E-state index contributed by atoms with van der Waals surface area (Å²) in [6.45, 7) is 7.95. The molecule has 0 radical (unpaired) electrons. The maximum Gasteiger partial charge on any atom is 0.0368 e. The van der Waals surface area contributed by atoms with Crippen molar-refractivity contribution in [3.63, 3.8) is 0 Å². The van der Waals surface area contributed by atoms with Gasteiger partial charge < -0.3 is 10.6 Å². The van der Waals surface area contributed by atoms with E-state index in [4.69, 9.17) is 5.73 Å². The summed E-state index contributed by atoms with van der Waals surface area (Å²) in [5, 5.41) is 0. The molecule has 0 saturated carbocycles. The SMILES string of the molecule is CCC(N)c1ccc(N2CC(C)CC2C)cc1. The number of nitrogens with two attached hydrogens (primary N) is 1. The first-order chi connectivity index (χ1) is 8.11. The standard InChI is InChI=1S/C15H24N2/c1-4-15(16)13-5-7-14(8-6-13)17-10-11(2)9-12(17)3/h5-8,11-12,15H,4,9-10,16H2,1-3H3. The molecule has 1 saturated heterocycles. The highest BCUT2D eigenvalue weighted by molar-refractivity contribution is 5.50. The highest BCUT2D eigenvalue weighted by atomic mass is 15.2. The van der Waals surface area contributed by atoms with Gasteiger partial charge in [-0.05, 0) is 43.4 Å². The van der Waals surface area contributed by atoms with Crippen LogP contribution in [0, 0.1) is 5.92 Å². The van der Waals surface area contributed by atoms with Crippen molar-refractivity contribution in [2.45, 2.75) is 45.7 Å². The van der Waals surface area contributed by atoms with Crippen molar-refractivity contribution in [2.24, 2.45) is 11.7 Å². The Balaban J connectivity index is 2.13. The van der Waals surface area contributed by atoms with Crippen molar-refractivity contribution < 1.29 is 0 Å². The van der Waals surface area contributed by atoms with Crippen LogP contribution in [0.15, 0.2) is 24.3 Å². The Hall–Kier alpha value is -1.02. The van der Waals surface area contributed by atoms with Crippen LogP contribution in [0.2, 0.25) is 0 Å². The predicted octanol–water partition coefficient (Wildman–Crippen LogP) is 3.33. The summed E-state index contributed by atoms with van der Waals surface area (Å²) >= 11 is 0. The Bertz CT molecular complexity index is 358. The van der Waals surface area contributed by atoms with E-state index in [-0.39, 0.29) is 6.04 Å². The van der Waals surface area contributed by atoms with Gasteiger partial charge in [-0.1, -0.05) is 26.0 Å². The van der Waals surface area contributed by atoms with Gasteiger partial charge in [0.2, 0.25) is 0 Å². The molecular weight excluding hydrogens is 208 g/mol. The smallest absolute Gasteiger partial charge is 0.0368 e. The zero-order valence-electron chi connectivity index (χ0n) is 11.2. The lowest BCUT2D eigenvalue weighted by atomic mass is 10.0. The minimum atomic E-state index is 0.180. The first-order valence-electron chi connectivity index (χ1n) is 6.74. The fourth-order valence-electron chi connectivity index (χ4n) is 2.81. The lowest BCUT2D eigenvalue weighted by Gasteiger charge is -2.24. The summed E-state index contributed by atoms with van der Waals surface area (Å²) in [5.74, 6) is 0.808. The number of rotatable bonds is 3. The Morgan fingerprint density at radius 1 is 1.29 bits per heavy atom. The molecule has 2 N–H and O–H groups in total. The molecule has 0 bridgehead atoms. The van der Waals surface area contributed by atoms with E-state index in [0.29, 0.717) is 6.04 Å². The number of nitrogens with zero attached hydrogens (tertiary/aromatic N) is 1. The normalized spacial score (nSPS) is 26.2. The van der Waals surface area contributed by atoms with Gasteiger partial charge in [-0.2, -0.15) is 0 Å². The molecule has 0 spiro atoms. The van der Waals surface area contributed by atoms with Crippen molar-refractivity contribution in [1.82, 2.24) is 0 Å². The van der Waals surface area contributed by atoms with Gasteiger partial charge in [0.25, 0.3) is 0 Å². The molecule has 1 aromatic carbocycles. The van der Waals surface area contributed by atoms with Crippen LogP contribution in [0.25, 0.3) is 0 Å². The zero-order chi connectivity index (χ0) is 12.4. The molecule has 3 atom stereocenters. The number of hydrogen-bond acceptors (Lipinski definition) is 2. The van der Waals surface area contributed by atoms with E-state index >= 15 is 0 Å². The highest BCUT2D eigenvalue weighted by Gasteiger charge is 2.25. The minimum absolute atomic E-state index is 0.180. The molecule has 1 heterocycles. The topological polar surface area (TPSA) is 29.3 Å². The molecule has 1 fully saturated rings. The lowest BCUT2D eigenvalue weighted by Crippen LogP contribution is -2.26. The molecule has 1 aliphatic rings. The summed E-state index contributed by atoms with van der Waals surface area (Å²) in [7, 11) is 0. The molecule has 94 valence electrons. The van der Waals surface area contributed by atoms with Gasteiger partial charge in [0.05, 0.1) is 0 Å². The van der Waals surface area contributed by atoms with Gasteiger partial charge in [-0.3, -0.25) is 0 Å². The van der Waals surface area contributed by atoms with Crippen molar-refractivity contribution in [3.8, 4) is 0 Å². The Morgan fingerprint density at radius 2 is 1.94 bits per heavy atom. The molecule has 0 aliphatic carbocycles. The van der Waals surface area contributed by atoms with Crippen LogP contribution in [0.1, 0.15) is 45.2 Å². The van der Waals surface area contributed by atoms with Gasteiger partial charge in [0.15, 0.2) is 0 Å². The van der Waals surface area contributed by atoms with Crippen LogP contribution < -0.4 is 10.6 Å². The predicted molar refractivity (Wildman–Crippen MR) is 74.3 cm³/mol. The number of hydrogen-bond donors (Lipinski definition) is 1. The average molecular weight is 232 g/mol. The summed E-state index contributed by atoms with van der Waals surface area (Å²) in [4.78, 5) is 2.51. The molecule has 3 unspecified atom stereocenters. The molecule has 2 nitrogen and oxygen atoms in total. The summed E-state index contributed by atoms with van der Waals surface area (Å²) < 4.78 is 0. The van der Waals surface area contributed by atoms with Crippen molar-refractivity contribution in [2.75, 3.05) is 11.4 Å². The van der Waals surface area contributed by atoms with E-state index in [9.17, 15) is 0 Å². The third kappa shape index (κ3) is 2.63. The van der Waals surface area contributed by atoms with Crippen molar-refractivity contribution in [1.29, 1.82) is 0 Å². The van der Waals surface area contributed by atoms with E-state index in [1.165, 1.54) is 24.2 Å². The molecule has 2 rings (SSSR count). The van der Waals surface area contributed by atoms with Gasteiger partial charge >= 0.3 is 0 Å². The molecular formula is C15H24N2. The van der Waals surface area contributed by atoms with Crippen molar-refractivity contribution >= 4 is 5.69 Å². The minimum Gasteiger partial charge on any atom is -0.369 e. The summed E-state index contributed by atoms with van der Waals surface area (Å²) in [6.07, 6.45) is 2.30. The molecule has 2 heteroatoms. The maximum absolute atomic E-state index is 6.03. The fraction of sp³-hybridized carbons (Fsp3) is 0.600. The van der Waals surface area contributed by atoms with Crippen LogP contribution in [0.5, 0.6) is 0 Å². The van der Waals surface area contributed by atoms with Crippen LogP contribution in [-0.2, 0) is 0 Å². The second-order valence-corrected chi connectivity index (χ2v) is 5.45. The van der Waals surface area contributed by atoms with Gasteiger partial charge in [-0.15, -0.1) is 0 Å². The lowest BCUT2D eigenvalue weighted by molar-refractivity contribution is 0.625. The van der Waals surface area contributed by atoms with Gasteiger partial charge in [-0.25, -0.2) is 0 Å². The molecule has 0 amide bonds. The van der Waals surface area contributed by atoms with Crippen LogP contribution >= 0.6 is 0 Å². The Labute approximate surface area is 105 Å². The van der Waals surface area contributed by atoms with Crippen LogP contribution in [0.3, 0.4) is 0 Å². The van der Waals surface area contributed by atoms with E-state index < -0.39 is 0 Å². The van der Waals surface area contributed by atoms with E-state index in [1.807, 2.05) is 0 Å². The molecule has 0 aromatic heterocycles. The average Bonchev–Trinajstić information content (AvgIpc) is 2.68. The van der Waals surface area contributed by atoms with Crippen LogP contribution in [-0.4, -0.2) is 12.6 Å². The highest BCUT2D eigenvalue weighted by Crippen LogP contribution is 2.29. The Morgan fingerprint density at radius 3 is 2.41 bits per heavy atom. The largest absolute Gasteiger partial charge is 0.369 e. The van der Waals surface area contributed by atoms with Crippen molar-refractivity contribution in [3.05, 3.63) is 29.8 Å². The number of benzene rings is 1. The van der Waals surface area contributed by atoms with E-state index in [0.717, 1.165) is 12.3 Å². The zero-order valence-corrected chi connectivity index (χ0v) is 11.2. The maximum atomic E-state index is 6.03. The quantitative estimate of drug-likeness (QED) is 0.866. The third-order valence-electron chi connectivity index (χ3n) is 3.88. The Kier molecular flexibility index (Phi) is 3.72. The molecule has 1 aliphatic heterocycles. The fourth-order valence-corrected chi connectivity index (χ4v) is 2.81. The summed E-state index contributed by atoms with van der Waals surface area (Å²) in [5.41, 5.74) is 8.62. The third-order valence-corrected chi connectivity index (χ3v) is 3.88. The number of anilines is 1. The molecule has 17 heavy (non-hydrogen) atoms. The second kappa shape index (κ2) is 5.09. The van der Waals surface area contributed by atoms with E-state index in [1.54, 1.807) is 0 Å². The van der Waals surface area contributed by atoms with Gasteiger partial charge in [0.1, 0.15) is 0 Å². The second-order valence-electron chi connectivity index (χ2n) is 5.45. The van der Waals surface area contributed by atoms with Gasteiger partial charge in [0, 0.05) is 24.3 Å². The first kappa shape index (κ1) is 12.4. The monoisotopic (exact) mass is 232 g/mol. The first-order valence-corrected chi connectivity index (χ1v) is 6.74. The van der Waals surface area contributed by atoms with Crippen LogP contribution in [0.4, 0.5) is 5.69 Å².